The third kappa shape index (κ3) is 2.74. The van der Waals surface area contributed by atoms with Crippen molar-refractivity contribution in [2.75, 3.05) is 12.3 Å². The van der Waals surface area contributed by atoms with E-state index in [2.05, 4.69) is 11.4 Å². The van der Waals surface area contributed by atoms with Gasteiger partial charge in [0, 0.05) is 24.9 Å². The lowest BCUT2D eigenvalue weighted by molar-refractivity contribution is -0.0102. The first kappa shape index (κ1) is 11.4. The summed E-state index contributed by atoms with van der Waals surface area (Å²) >= 11 is 0. The van der Waals surface area contributed by atoms with Crippen molar-refractivity contribution in [3.05, 3.63) is 29.8 Å². The van der Waals surface area contributed by atoms with Gasteiger partial charge < -0.3 is 15.8 Å². The first-order valence-electron chi connectivity index (χ1n) is 5.98. The number of anilines is 1. The molecule has 0 saturated heterocycles. The quantitative estimate of drug-likeness (QED) is 0.745. The Balaban J connectivity index is 1.72. The normalized spacial score (nSPS) is 24.1. The van der Waals surface area contributed by atoms with E-state index in [1.54, 1.807) is 0 Å². The van der Waals surface area contributed by atoms with Gasteiger partial charge in [0.05, 0.1) is 6.10 Å². The van der Waals surface area contributed by atoms with Gasteiger partial charge in [0.2, 0.25) is 0 Å². The van der Waals surface area contributed by atoms with E-state index < -0.39 is 0 Å². The van der Waals surface area contributed by atoms with E-state index in [9.17, 15) is 0 Å². The topological polar surface area (TPSA) is 47.3 Å². The van der Waals surface area contributed by atoms with Gasteiger partial charge in [-0.1, -0.05) is 18.2 Å². The highest BCUT2D eigenvalue weighted by Crippen LogP contribution is 2.23. The molecule has 1 aromatic carbocycles. The van der Waals surface area contributed by atoms with Crippen LogP contribution in [0, 0.1) is 0 Å². The van der Waals surface area contributed by atoms with Gasteiger partial charge in [0.15, 0.2) is 0 Å². The Labute approximate surface area is 97.0 Å². The first-order valence-corrected chi connectivity index (χ1v) is 5.98. The molecule has 2 rings (SSSR count). The van der Waals surface area contributed by atoms with Gasteiger partial charge in [0.25, 0.3) is 0 Å². The zero-order valence-corrected chi connectivity index (χ0v) is 9.78. The maximum absolute atomic E-state index is 5.88. The van der Waals surface area contributed by atoms with Crippen molar-refractivity contribution in [3.8, 4) is 0 Å². The summed E-state index contributed by atoms with van der Waals surface area (Å²) in [4.78, 5) is 0. The number of benzene rings is 1. The zero-order chi connectivity index (χ0) is 11.4. The SMILES string of the molecule is CCOC1CC(NCc2ccccc2N)C1. The molecule has 16 heavy (non-hydrogen) atoms. The summed E-state index contributed by atoms with van der Waals surface area (Å²) in [6.45, 7) is 3.73. The molecule has 0 radical (unpaired) electrons. The van der Waals surface area contributed by atoms with Gasteiger partial charge in [-0.3, -0.25) is 0 Å². The van der Waals surface area contributed by atoms with E-state index in [0.717, 1.165) is 31.7 Å². The standard InChI is InChI=1S/C13H20N2O/c1-2-16-12-7-11(8-12)15-9-10-5-3-4-6-13(10)14/h3-6,11-12,15H,2,7-9,14H2,1H3. The molecule has 88 valence electrons. The molecule has 0 aromatic heterocycles. The number of nitrogens with two attached hydrogens (primary N) is 1. The van der Waals surface area contributed by atoms with E-state index >= 15 is 0 Å². The molecule has 1 fully saturated rings. The van der Waals surface area contributed by atoms with Crippen LogP contribution in [-0.2, 0) is 11.3 Å². The fourth-order valence-electron chi connectivity index (χ4n) is 2.05. The second-order valence-corrected chi connectivity index (χ2v) is 4.33. The largest absolute Gasteiger partial charge is 0.398 e. The smallest absolute Gasteiger partial charge is 0.0604 e. The summed E-state index contributed by atoms with van der Waals surface area (Å²) in [5.41, 5.74) is 7.93. The predicted octanol–water partition coefficient (Wildman–Crippen LogP) is 1.93. The van der Waals surface area contributed by atoms with Crippen LogP contribution in [0.5, 0.6) is 0 Å². The maximum atomic E-state index is 5.88. The van der Waals surface area contributed by atoms with Crippen LogP contribution in [0.4, 0.5) is 5.69 Å². The molecule has 1 saturated carbocycles. The Kier molecular flexibility index (Phi) is 3.80. The zero-order valence-electron chi connectivity index (χ0n) is 9.78. The highest BCUT2D eigenvalue weighted by molar-refractivity contribution is 5.46. The molecule has 0 bridgehead atoms. The van der Waals surface area contributed by atoms with Gasteiger partial charge in [-0.25, -0.2) is 0 Å². The second kappa shape index (κ2) is 5.32. The number of nitrogen functional groups attached to an aromatic ring is 1. The van der Waals surface area contributed by atoms with Crippen LogP contribution in [0.15, 0.2) is 24.3 Å². The Morgan fingerprint density at radius 1 is 1.38 bits per heavy atom. The fourth-order valence-corrected chi connectivity index (χ4v) is 2.05. The van der Waals surface area contributed by atoms with Gasteiger partial charge >= 0.3 is 0 Å². The number of hydrogen-bond donors (Lipinski definition) is 2. The third-order valence-corrected chi connectivity index (χ3v) is 3.13. The molecule has 0 unspecified atom stereocenters. The summed E-state index contributed by atoms with van der Waals surface area (Å²) in [7, 11) is 0. The monoisotopic (exact) mass is 220 g/mol. The highest BCUT2D eigenvalue weighted by Gasteiger charge is 2.28. The lowest BCUT2D eigenvalue weighted by Gasteiger charge is -2.35. The number of hydrogen-bond acceptors (Lipinski definition) is 3. The number of ether oxygens (including phenoxy) is 1. The van der Waals surface area contributed by atoms with Gasteiger partial charge in [0.1, 0.15) is 0 Å². The molecule has 1 aromatic rings. The summed E-state index contributed by atoms with van der Waals surface area (Å²) in [5, 5.41) is 3.50. The van der Waals surface area contributed by atoms with E-state index in [-0.39, 0.29) is 0 Å². The molecule has 1 aliphatic carbocycles. The summed E-state index contributed by atoms with van der Waals surface area (Å²) < 4.78 is 5.52. The van der Waals surface area contributed by atoms with Gasteiger partial charge in [-0.15, -0.1) is 0 Å². The first-order chi connectivity index (χ1) is 7.79. The van der Waals surface area contributed by atoms with Crippen molar-refractivity contribution in [1.29, 1.82) is 0 Å². The minimum atomic E-state index is 0.468. The third-order valence-electron chi connectivity index (χ3n) is 3.13. The number of para-hydroxylation sites is 1. The van der Waals surface area contributed by atoms with Crippen LogP contribution in [0.3, 0.4) is 0 Å². The highest BCUT2D eigenvalue weighted by atomic mass is 16.5. The van der Waals surface area contributed by atoms with Crippen LogP contribution in [0.2, 0.25) is 0 Å². The predicted molar refractivity (Wildman–Crippen MR) is 66.1 cm³/mol. The molecule has 0 heterocycles. The Morgan fingerprint density at radius 3 is 2.81 bits per heavy atom. The van der Waals surface area contributed by atoms with Crippen molar-refractivity contribution in [2.45, 2.75) is 38.5 Å². The van der Waals surface area contributed by atoms with Crippen molar-refractivity contribution in [2.24, 2.45) is 0 Å². The molecule has 0 spiro atoms. The molecule has 0 amide bonds. The van der Waals surface area contributed by atoms with E-state index in [0.29, 0.717) is 12.1 Å². The fraction of sp³-hybridized carbons (Fsp3) is 0.538. The Bertz CT molecular complexity index is 334. The minimum absolute atomic E-state index is 0.468. The average molecular weight is 220 g/mol. The molecule has 0 aliphatic heterocycles. The van der Waals surface area contributed by atoms with Crippen molar-refractivity contribution < 1.29 is 4.74 Å². The molecule has 3 N–H and O–H groups in total. The Morgan fingerprint density at radius 2 is 2.12 bits per heavy atom. The van der Waals surface area contributed by atoms with Crippen LogP contribution >= 0.6 is 0 Å². The van der Waals surface area contributed by atoms with Gasteiger partial charge in [-0.2, -0.15) is 0 Å². The Hall–Kier alpha value is -1.06. The number of nitrogens with one attached hydrogen (secondary N) is 1. The molecule has 3 heteroatoms. The van der Waals surface area contributed by atoms with Crippen LogP contribution in [0.1, 0.15) is 25.3 Å². The summed E-state index contributed by atoms with van der Waals surface area (Å²) in [6.07, 6.45) is 2.72. The summed E-state index contributed by atoms with van der Waals surface area (Å²) in [5.74, 6) is 0. The van der Waals surface area contributed by atoms with Crippen LogP contribution in [0.25, 0.3) is 0 Å². The van der Waals surface area contributed by atoms with E-state index in [1.165, 1.54) is 5.56 Å². The molecule has 1 aliphatic rings. The van der Waals surface area contributed by atoms with Gasteiger partial charge in [-0.05, 0) is 31.4 Å². The lowest BCUT2D eigenvalue weighted by atomic mass is 9.89. The molecular formula is C13H20N2O. The maximum Gasteiger partial charge on any atom is 0.0604 e. The summed E-state index contributed by atoms with van der Waals surface area (Å²) in [6, 6.07) is 8.60. The molecule has 3 nitrogen and oxygen atoms in total. The van der Waals surface area contributed by atoms with Crippen molar-refractivity contribution in [1.82, 2.24) is 5.32 Å². The van der Waals surface area contributed by atoms with E-state index in [4.69, 9.17) is 10.5 Å². The lowest BCUT2D eigenvalue weighted by Crippen LogP contribution is -2.45. The second-order valence-electron chi connectivity index (χ2n) is 4.33. The van der Waals surface area contributed by atoms with Crippen molar-refractivity contribution >= 4 is 5.69 Å². The molecule has 0 atom stereocenters. The average Bonchev–Trinajstić information content (AvgIpc) is 2.23. The van der Waals surface area contributed by atoms with Crippen molar-refractivity contribution in [3.63, 3.8) is 0 Å². The molecular weight excluding hydrogens is 200 g/mol. The number of rotatable bonds is 5. The van der Waals surface area contributed by atoms with E-state index in [1.807, 2.05) is 25.1 Å². The minimum Gasteiger partial charge on any atom is -0.398 e. The van der Waals surface area contributed by atoms with Crippen LogP contribution < -0.4 is 11.1 Å². The van der Waals surface area contributed by atoms with Crippen LogP contribution in [-0.4, -0.2) is 18.8 Å².